The zero-order chi connectivity index (χ0) is 18.0. The van der Waals surface area contributed by atoms with Gasteiger partial charge in [0, 0.05) is 43.4 Å². The van der Waals surface area contributed by atoms with E-state index in [1.807, 2.05) is 0 Å². The number of anilines is 1. The molecule has 1 aromatic carbocycles. The van der Waals surface area contributed by atoms with E-state index in [2.05, 4.69) is 5.32 Å². The second kappa shape index (κ2) is 7.18. The third-order valence-corrected chi connectivity index (χ3v) is 4.39. The first-order valence-electron chi connectivity index (χ1n) is 8.19. The molecule has 1 aromatic rings. The molecular weight excluding hydrogens is 329 g/mol. The highest BCUT2D eigenvalue weighted by Gasteiger charge is 2.33. The number of amides is 3. The first-order valence-corrected chi connectivity index (χ1v) is 8.19. The van der Waals surface area contributed by atoms with Crippen molar-refractivity contribution in [3.63, 3.8) is 0 Å². The molecule has 1 fully saturated rings. The molecule has 25 heavy (non-hydrogen) atoms. The minimum absolute atomic E-state index is 0.0475. The number of hydrogen-bond donors (Lipinski definition) is 1. The Bertz CT molecular complexity index is 722. The summed E-state index contributed by atoms with van der Waals surface area (Å²) in [5.41, 5.74) is 0.892. The predicted octanol–water partition coefficient (Wildman–Crippen LogP) is 0.671. The average Bonchev–Trinajstić information content (AvgIpc) is 3.13. The second-order valence-corrected chi connectivity index (χ2v) is 6.11. The van der Waals surface area contributed by atoms with Crippen molar-refractivity contribution < 1.29 is 23.5 Å². The first kappa shape index (κ1) is 17.3. The molecule has 0 aromatic heterocycles. The molecule has 7 nitrogen and oxygen atoms in total. The molecule has 3 rings (SSSR count). The SMILES string of the molecule is COCCNC(=O)CN1Cc2c(F)cc(N3CCCC3=O)cc2C1=O. The maximum absolute atomic E-state index is 14.4. The van der Waals surface area contributed by atoms with Crippen molar-refractivity contribution in [1.29, 1.82) is 0 Å². The molecule has 0 atom stereocenters. The molecule has 134 valence electrons. The molecule has 0 aliphatic carbocycles. The largest absolute Gasteiger partial charge is 0.383 e. The van der Waals surface area contributed by atoms with Crippen LogP contribution in [0.4, 0.5) is 10.1 Å². The van der Waals surface area contributed by atoms with Crippen LogP contribution in [0.2, 0.25) is 0 Å². The van der Waals surface area contributed by atoms with E-state index in [0.29, 0.717) is 31.8 Å². The van der Waals surface area contributed by atoms with Crippen LogP contribution >= 0.6 is 0 Å². The van der Waals surface area contributed by atoms with Gasteiger partial charge in [-0.1, -0.05) is 0 Å². The Morgan fingerprint density at radius 3 is 2.84 bits per heavy atom. The summed E-state index contributed by atoms with van der Waals surface area (Å²) in [7, 11) is 1.53. The topological polar surface area (TPSA) is 79.0 Å². The number of carbonyl (C=O) groups excluding carboxylic acids is 3. The molecule has 2 aliphatic rings. The van der Waals surface area contributed by atoms with Crippen molar-refractivity contribution in [3.8, 4) is 0 Å². The quantitative estimate of drug-likeness (QED) is 0.766. The van der Waals surface area contributed by atoms with Crippen LogP contribution in [0.5, 0.6) is 0 Å². The molecular formula is C17H20FN3O4. The molecule has 0 saturated carbocycles. The van der Waals surface area contributed by atoms with Gasteiger partial charge in [0.25, 0.3) is 5.91 Å². The summed E-state index contributed by atoms with van der Waals surface area (Å²) < 4.78 is 19.3. The number of ether oxygens (including phenoxy) is 1. The Hall–Kier alpha value is -2.48. The number of hydrogen-bond acceptors (Lipinski definition) is 4. The number of methoxy groups -OCH3 is 1. The Morgan fingerprint density at radius 2 is 2.16 bits per heavy atom. The first-order chi connectivity index (χ1) is 12.0. The van der Waals surface area contributed by atoms with Crippen molar-refractivity contribution in [3.05, 3.63) is 29.1 Å². The van der Waals surface area contributed by atoms with Crippen LogP contribution in [0.25, 0.3) is 0 Å². The molecule has 3 amide bonds. The number of carbonyl (C=O) groups is 3. The summed E-state index contributed by atoms with van der Waals surface area (Å²) in [6, 6.07) is 2.84. The maximum atomic E-state index is 14.4. The molecule has 1 saturated heterocycles. The summed E-state index contributed by atoms with van der Waals surface area (Å²) in [4.78, 5) is 39.0. The standard InChI is InChI=1S/C17H20FN3O4/c1-25-6-4-19-15(22)10-20-9-13-12(17(20)24)7-11(8-14(13)18)21-5-2-3-16(21)23/h7-8H,2-6,9-10H2,1H3,(H,19,22). The Balaban J connectivity index is 1.74. The monoisotopic (exact) mass is 349 g/mol. The van der Waals surface area contributed by atoms with Gasteiger partial charge in [-0.3, -0.25) is 14.4 Å². The summed E-state index contributed by atoms with van der Waals surface area (Å²) >= 11 is 0. The van der Waals surface area contributed by atoms with Crippen LogP contribution in [0.1, 0.15) is 28.8 Å². The zero-order valence-electron chi connectivity index (χ0n) is 14.0. The third-order valence-electron chi connectivity index (χ3n) is 4.39. The van der Waals surface area contributed by atoms with E-state index in [9.17, 15) is 18.8 Å². The van der Waals surface area contributed by atoms with Crippen LogP contribution in [0.15, 0.2) is 12.1 Å². The van der Waals surface area contributed by atoms with Crippen molar-refractivity contribution in [2.45, 2.75) is 19.4 Å². The van der Waals surface area contributed by atoms with Crippen molar-refractivity contribution in [1.82, 2.24) is 10.2 Å². The minimum Gasteiger partial charge on any atom is -0.383 e. The number of benzene rings is 1. The lowest BCUT2D eigenvalue weighted by atomic mass is 10.1. The number of nitrogens with zero attached hydrogens (tertiary/aromatic N) is 2. The van der Waals surface area contributed by atoms with Crippen LogP contribution in [0, 0.1) is 5.82 Å². The fourth-order valence-electron chi connectivity index (χ4n) is 3.13. The number of fused-ring (bicyclic) bond motifs is 1. The van der Waals surface area contributed by atoms with Gasteiger partial charge in [-0.25, -0.2) is 4.39 Å². The molecule has 0 radical (unpaired) electrons. The van der Waals surface area contributed by atoms with Crippen LogP contribution in [-0.4, -0.2) is 56.0 Å². The van der Waals surface area contributed by atoms with E-state index in [1.54, 1.807) is 6.07 Å². The van der Waals surface area contributed by atoms with Crippen molar-refractivity contribution >= 4 is 23.4 Å². The van der Waals surface area contributed by atoms with Gasteiger partial charge < -0.3 is 19.9 Å². The summed E-state index contributed by atoms with van der Waals surface area (Å²) in [6.07, 6.45) is 1.15. The van der Waals surface area contributed by atoms with Gasteiger partial charge >= 0.3 is 0 Å². The van der Waals surface area contributed by atoms with Gasteiger partial charge in [0.15, 0.2) is 0 Å². The predicted molar refractivity (Wildman–Crippen MR) is 87.6 cm³/mol. The van der Waals surface area contributed by atoms with Gasteiger partial charge in [-0.2, -0.15) is 0 Å². The van der Waals surface area contributed by atoms with Crippen molar-refractivity contribution in [2.75, 3.05) is 38.3 Å². The normalized spacial score (nSPS) is 16.6. The summed E-state index contributed by atoms with van der Waals surface area (Å²) in [6.45, 7) is 1.15. The number of halogens is 1. The molecule has 0 spiro atoms. The molecule has 0 unspecified atom stereocenters. The zero-order valence-corrected chi connectivity index (χ0v) is 14.0. The van der Waals surface area contributed by atoms with E-state index < -0.39 is 11.7 Å². The average molecular weight is 349 g/mol. The van der Waals surface area contributed by atoms with Gasteiger partial charge in [0.2, 0.25) is 11.8 Å². The lowest BCUT2D eigenvalue weighted by Crippen LogP contribution is -2.38. The highest BCUT2D eigenvalue weighted by Crippen LogP contribution is 2.31. The second-order valence-electron chi connectivity index (χ2n) is 6.11. The highest BCUT2D eigenvalue weighted by molar-refractivity contribution is 6.03. The van der Waals surface area contributed by atoms with Crippen LogP contribution in [0.3, 0.4) is 0 Å². The number of nitrogens with one attached hydrogen (secondary N) is 1. The highest BCUT2D eigenvalue weighted by atomic mass is 19.1. The van der Waals surface area contributed by atoms with Crippen LogP contribution < -0.4 is 10.2 Å². The molecule has 0 bridgehead atoms. The molecule has 8 heteroatoms. The Morgan fingerprint density at radius 1 is 1.36 bits per heavy atom. The Labute approximate surface area is 144 Å². The summed E-state index contributed by atoms with van der Waals surface area (Å²) in [5.74, 6) is -1.32. The molecule has 2 heterocycles. The summed E-state index contributed by atoms with van der Waals surface area (Å²) in [5, 5.41) is 2.63. The molecule has 1 N–H and O–H groups in total. The fraction of sp³-hybridized carbons (Fsp3) is 0.471. The van der Waals surface area contributed by atoms with E-state index >= 15 is 0 Å². The van der Waals surface area contributed by atoms with Crippen molar-refractivity contribution in [2.24, 2.45) is 0 Å². The van der Waals surface area contributed by atoms with E-state index in [0.717, 1.165) is 6.42 Å². The lowest BCUT2D eigenvalue weighted by Gasteiger charge is -2.16. The van der Waals surface area contributed by atoms with E-state index in [4.69, 9.17) is 4.74 Å². The minimum atomic E-state index is -0.525. The van der Waals surface area contributed by atoms with E-state index in [1.165, 1.54) is 23.0 Å². The number of rotatable bonds is 6. The van der Waals surface area contributed by atoms with Crippen LogP contribution in [-0.2, 0) is 20.9 Å². The van der Waals surface area contributed by atoms with Gasteiger partial charge in [0.1, 0.15) is 12.4 Å². The third kappa shape index (κ3) is 3.48. The fourth-order valence-corrected chi connectivity index (χ4v) is 3.13. The van der Waals surface area contributed by atoms with Gasteiger partial charge in [-0.05, 0) is 18.6 Å². The lowest BCUT2D eigenvalue weighted by molar-refractivity contribution is -0.122. The smallest absolute Gasteiger partial charge is 0.255 e. The van der Waals surface area contributed by atoms with E-state index in [-0.39, 0.29) is 36.0 Å². The molecule has 2 aliphatic heterocycles. The Kier molecular flexibility index (Phi) is 4.98. The van der Waals surface area contributed by atoms with Gasteiger partial charge in [-0.15, -0.1) is 0 Å². The maximum Gasteiger partial charge on any atom is 0.255 e. The van der Waals surface area contributed by atoms with Gasteiger partial charge in [0.05, 0.1) is 13.2 Å².